The van der Waals surface area contributed by atoms with Crippen LogP contribution in [0, 0.1) is 0 Å². The number of nitrogens with two attached hydrogens (primary N) is 1. The SMILES string of the molecule is CCc1ccc(C(=O)C(C)OC(=O)c2ccc(Cl)c(S(N)(=O)=O)c2)cc1. The van der Waals surface area contributed by atoms with Gasteiger partial charge in [-0.05, 0) is 37.1 Å². The Morgan fingerprint density at radius 1 is 1.12 bits per heavy atom. The molecular weight excluding hydrogens is 378 g/mol. The summed E-state index contributed by atoms with van der Waals surface area (Å²) in [6, 6.07) is 10.6. The highest BCUT2D eigenvalue weighted by molar-refractivity contribution is 7.89. The largest absolute Gasteiger partial charge is 0.451 e. The highest BCUT2D eigenvalue weighted by Crippen LogP contribution is 2.22. The van der Waals surface area contributed by atoms with Gasteiger partial charge in [0.1, 0.15) is 4.90 Å². The topological polar surface area (TPSA) is 104 Å². The van der Waals surface area contributed by atoms with Gasteiger partial charge in [0.05, 0.1) is 10.6 Å². The van der Waals surface area contributed by atoms with Gasteiger partial charge in [-0.3, -0.25) is 4.79 Å². The van der Waals surface area contributed by atoms with Gasteiger partial charge in [0.15, 0.2) is 6.10 Å². The fourth-order valence-corrected chi connectivity index (χ4v) is 3.34. The first-order valence-electron chi connectivity index (χ1n) is 7.80. The predicted octanol–water partition coefficient (Wildman–Crippen LogP) is 2.98. The third-order valence-corrected chi connectivity index (χ3v) is 5.17. The number of aryl methyl sites for hydroxylation is 1. The molecule has 0 aromatic heterocycles. The fraction of sp³-hybridized carbons (Fsp3) is 0.222. The van der Waals surface area contributed by atoms with E-state index < -0.39 is 22.1 Å². The Hall–Kier alpha value is -2.22. The first kappa shape index (κ1) is 20.1. The highest BCUT2D eigenvalue weighted by Gasteiger charge is 2.22. The Labute approximate surface area is 157 Å². The van der Waals surface area contributed by atoms with Crippen LogP contribution in [0.1, 0.15) is 40.1 Å². The molecule has 0 spiro atoms. The number of carbonyl (C=O) groups excluding carboxylic acids is 2. The molecule has 0 fully saturated rings. The third-order valence-electron chi connectivity index (χ3n) is 3.77. The number of ketones is 1. The van der Waals surface area contributed by atoms with Crippen molar-refractivity contribution in [3.8, 4) is 0 Å². The average molecular weight is 396 g/mol. The van der Waals surface area contributed by atoms with Crippen LogP contribution in [0.15, 0.2) is 47.4 Å². The maximum atomic E-state index is 12.4. The maximum absolute atomic E-state index is 12.4. The van der Waals surface area contributed by atoms with E-state index in [1.165, 1.54) is 19.1 Å². The molecule has 2 aromatic rings. The standard InChI is InChI=1S/C18H18ClNO5S/c1-3-12-4-6-13(7-5-12)17(21)11(2)25-18(22)14-8-9-15(19)16(10-14)26(20,23)24/h4-11H,3H2,1-2H3,(H2,20,23,24). The number of sulfonamides is 1. The van der Waals surface area contributed by atoms with Crippen molar-refractivity contribution >= 4 is 33.4 Å². The zero-order valence-corrected chi connectivity index (χ0v) is 15.8. The van der Waals surface area contributed by atoms with Crippen LogP contribution >= 0.6 is 11.6 Å². The fourth-order valence-electron chi connectivity index (χ4n) is 2.27. The second-order valence-corrected chi connectivity index (χ2v) is 7.59. The number of hydrogen-bond acceptors (Lipinski definition) is 5. The van der Waals surface area contributed by atoms with Crippen LogP contribution in [0.2, 0.25) is 5.02 Å². The summed E-state index contributed by atoms with van der Waals surface area (Å²) in [7, 11) is -4.09. The summed E-state index contributed by atoms with van der Waals surface area (Å²) in [5.74, 6) is -1.21. The lowest BCUT2D eigenvalue weighted by atomic mass is 10.0. The minimum Gasteiger partial charge on any atom is -0.451 e. The van der Waals surface area contributed by atoms with E-state index in [0.29, 0.717) is 5.56 Å². The number of ether oxygens (including phenoxy) is 1. The summed E-state index contributed by atoms with van der Waals surface area (Å²) in [5.41, 5.74) is 1.44. The Balaban J connectivity index is 2.17. The quantitative estimate of drug-likeness (QED) is 0.598. The lowest BCUT2D eigenvalue weighted by Gasteiger charge is -2.13. The average Bonchev–Trinajstić information content (AvgIpc) is 2.60. The van der Waals surface area contributed by atoms with E-state index in [0.717, 1.165) is 18.1 Å². The molecule has 2 N–H and O–H groups in total. The Kier molecular flexibility index (Phi) is 6.17. The number of carbonyl (C=O) groups is 2. The van der Waals surface area contributed by atoms with Crippen molar-refractivity contribution in [3.05, 3.63) is 64.2 Å². The van der Waals surface area contributed by atoms with Crippen molar-refractivity contribution in [2.45, 2.75) is 31.3 Å². The summed E-state index contributed by atoms with van der Waals surface area (Å²) < 4.78 is 28.1. The summed E-state index contributed by atoms with van der Waals surface area (Å²) in [4.78, 5) is 24.2. The van der Waals surface area contributed by atoms with E-state index in [-0.39, 0.29) is 21.3 Å². The number of esters is 1. The Bertz CT molecular complexity index is 939. The van der Waals surface area contributed by atoms with Gasteiger partial charge in [-0.15, -0.1) is 0 Å². The number of rotatable bonds is 6. The van der Waals surface area contributed by atoms with Crippen LogP contribution in [0.25, 0.3) is 0 Å². The van der Waals surface area contributed by atoms with E-state index in [1.54, 1.807) is 12.1 Å². The van der Waals surface area contributed by atoms with E-state index in [9.17, 15) is 18.0 Å². The first-order valence-corrected chi connectivity index (χ1v) is 9.72. The van der Waals surface area contributed by atoms with Crippen molar-refractivity contribution in [2.75, 3.05) is 0 Å². The van der Waals surface area contributed by atoms with Crippen LogP contribution in [0.5, 0.6) is 0 Å². The van der Waals surface area contributed by atoms with Crippen LogP contribution in [-0.2, 0) is 21.2 Å². The van der Waals surface area contributed by atoms with E-state index in [2.05, 4.69) is 0 Å². The molecule has 0 aliphatic rings. The third kappa shape index (κ3) is 4.69. The van der Waals surface area contributed by atoms with Crippen LogP contribution in [-0.4, -0.2) is 26.3 Å². The van der Waals surface area contributed by atoms with Gasteiger partial charge >= 0.3 is 5.97 Å². The van der Waals surface area contributed by atoms with Gasteiger partial charge in [-0.2, -0.15) is 0 Å². The van der Waals surface area contributed by atoms with E-state index in [4.69, 9.17) is 21.5 Å². The smallest absolute Gasteiger partial charge is 0.338 e. The number of Topliss-reactive ketones (excluding diaryl/α,β-unsaturated/α-hetero) is 1. The van der Waals surface area contributed by atoms with Gasteiger partial charge in [0.2, 0.25) is 15.8 Å². The van der Waals surface area contributed by atoms with Gasteiger partial charge in [0.25, 0.3) is 0 Å². The molecular formula is C18H18ClNO5S. The van der Waals surface area contributed by atoms with Gasteiger partial charge in [-0.25, -0.2) is 18.4 Å². The molecule has 138 valence electrons. The van der Waals surface area contributed by atoms with Crippen molar-refractivity contribution in [1.29, 1.82) is 0 Å². The molecule has 1 atom stereocenters. The summed E-state index contributed by atoms with van der Waals surface area (Å²) >= 11 is 5.78. The summed E-state index contributed by atoms with van der Waals surface area (Å²) in [6.45, 7) is 3.45. The predicted molar refractivity (Wildman–Crippen MR) is 97.9 cm³/mol. The molecule has 8 heteroatoms. The highest BCUT2D eigenvalue weighted by atomic mass is 35.5. The van der Waals surface area contributed by atoms with Crippen molar-refractivity contribution in [3.63, 3.8) is 0 Å². The van der Waals surface area contributed by atoms with Gasteiger partial charge in [-0.1, -0.05) is 42.8 Å². The zero-order chi connectivity index (χ0) is 19.5. The normalized spacial score (nSPS) is 12.5. The second-order valence-electron chi connectivity index (χ2n) is 5.65. The lowest BCUT2D eigenvalue weighted by Crippen LogP contribution is -2.24. The zero-order valence-electron chi connectivity index (χ0n) is 14.2. The molecule has 0 aliphatic carbocycles. The molecule has 0 bridgehead atoms. The molecule has 6 nitrogen and oxygen atoms in total. The lowest BCUT2D eigenvalue weighted by molar-refractivity contribution is 0.0318. The second kappa shape index (κ2) is 7.99. The Morgan fingerprint density at radius 3 is 2.23 bits per heavy atom. The van der Waals surface area contributed by atoms with E-state index in [1.807, 2.05) is 19.1 Å². The molecule has 1 unspecified atom stereocenters. The molecule has 2 aromatic carbocycles. The van der Waals surface area contributed by atoms with Crippen LogP contribution < -0.4 is 5.14 Å². The molecule has 0 heterocycles. The number of hydrogen-bond donors (Lipinski definition) is 1. The van der Waals surface area contributed by atoms with Gasteiger partial charge in [0, 0.05) is 5.56 Å². The molecule has 0 amide bonds. The minimum atomic E-state index is -4.09. The molecule has 26 heavy (non-hydrogen) atoms. The minimum absolute atomic E-state index is 0.0700. The van der Waals surface area contributed by atoms with Crippen molar-refractivity contribution in [1.82, 2.24) is 0 Å². The van der Waals surface area contributed by atoms with Crippen molar-refractivity contribution in [2.24, 2.45) is 5.14 Å². The summed E-state index contributed by atoms with van der Waals surface area (Å²) in [5, 5.41) is 4.95. The summed E-state index contributed by atoms with van der Waals surface area (Å²) in [6.07, 6.45) is -0.189. The van der Waals surface area contributed by atoms with Crippen LogP contribution in [0.3, 0.4) is 0 Å². The van der Waals surface area contributed by atoms with E-state index >= 15 is 0 Å². The maximum Gasteiger partial charge on any atom is 0.338 e. The number of halogens is 1. The first-order chi connectivity index (χ1) is 12.1. The molecule has 0 aliphatic heterocycles. The molecule has 2 rings (SSSR count). The van der Waals surface area contributed by atoms with Crippen LogP contribution in [0.4, 0.5) is 0 Å². The van der Waals surface area contributed by atoms with Gasteiger partial charge < -0.3 is 4.74 Å². The monoisotopic (exact) mass is 395 g/mol. The molecule has 0 saturated heterocycles. The molecule has 0 saturated carbocycles. The number of primary sulfonamides is 1. The molecule has 0 radical (unpaired) electrons. The Morgan fingerprint density at radius 2 is 1.69 bits per heavy atom. The number of benzene rings is 2. The van der Waals surface area contributed by atoms with Crippen molar-refractivity contribution < 1.29 is 22.7 Å².